The quantitative estimate of drug-likeness (QED) is 0.742. The Morgan fingerprint density at radius 3 is 2.78 bits per heavy atom. The molecular formula is C14H18ClNO2. The minimum absolute atomic E-state index is 0.0298. The van der Waals surface area contributed by atoms with Crippen LogP contribution < -0.4 is 4.74 Å². The normalized spacial score (nSPS) is 14.3. The molecule has 4 heteroatoms. The molecule has 0 bridgehead atoms. The van der Waals surface area contributed by atoms with Gasteiger partial charge in [-0.2, -0.15) is 0 Å². The number of rotatable bonds is 6. The molecule has 0 saturated heterocycles. The van der Waals surface area contributed by atoms with E-state index in [-0.39, 0.29) is 5.91 Å². The van der Waals surface area contributed by atoms with Crippen molar-refractivity contribution in [3.8, 4) is 5.75 Å². The van der Waals surface area contributed by atoms with E-state index in [4.69, 9.17) is 16.3 Å². The number of hydrogen-bond donors (Lipinski definition) is 0. The highest BCUT2D eigenvalue weighted by molar-refractivity contribution is 6.18. The second kappa shape index (κ2) is 6.10. The lowest BCUT2D eigenvalue weighted by atomic mass is 10.1. The van der Waals surface area contributed by atoms with Gasteiger partial charge in [0.2, 0.25) is 0 Å². The smallest absolute Gasteiger partial charge is 0.257 e. The number of alkyl halides is 1. The van der Waals surface area contributed by atoms with Gasteiger partial charge in [-0.15, -0.1) is 11.6 Å². The van der Waals surface area contributed by atoms with Crippen LogP contribution in [0.4, 0.5) is 0 Å². The van der Waals surface area contributed by atoms with Crippen LogP contribution in [0.25, 0.3) is 0 Å². The Morgan fingerprint density at radius 1 is 1.44 bits per heavy atom. The molecule has 0 heterocycles. The SMILES string of the molecule is CCOc1ccccc1C(=O)N(CCCl)C1CC1. The molecule has 1 aromatic rings. The van der Waals surface area contributed by atoms with E-state index in [1.165, 1.54) is 0 Å². The van der Waals surface area contributed by atoms with Crippen LogP contribution in [0.5, 0.6) is 5.75 Å². The monoisotopic (exact) mass is 267 g/mol. The van der Waals surface area contributed by atoms with Gasteiger partial charge in [0, 0.05) is 18.5 Å². The average Bonchev–Trinajstić information content (AvgIpc) is 3.20. The first-order valence-electron chi connectivity index (χ1n) is 6.36. The molecule has 1 aromatic carbocycles. The topological polar surface area (TPSA) is 29.5 Å². The number of carbonyl (C=O) groups excluding carboxylic acids is 1. The molecule has 3 nitrogen and oxygen atoms in total. The Morgan fingerprint density at radius 2 is 2.17 bits per heavy atom. The lowest BCUT2D eigenvalue weighted by molar-refractivity contribution is 0.0749. The van der Waals surface area contributed by atoms with Gasteiger partial charge < -0.3 is 9.64 Å². The molecule has 0 radical (unpaired) electrons. The van der Waals surface area contributed by atoms with Crippen LogP contribution in [0.15, 0.2) is 24.3 Å². The molecule has 0 unspecified atom stereocenters. The number of hydrogen-bond acceptors (Lipinski definition) is 2. The van der Waals surface area contributed by atoms with Gasteiger partial charge in [-0.1, -0.05) is 12.1 Å². The van der Waals surface area contributed by atoms with Gasteiger partial charge in [0.05, 0.1) is 12.2 Å². The van der Waals surface area contributed by atoms with Crippen molar-refractivity contribution >= 4 is 17.5 Å². The van der Waals surface area contributed by atoms with E-state index in [0.717, 1.165) is 12.8 Å². The Labute approximate surface area is 113 Å². The Balaban J connectivity index is 2.20. The number of benzene rings is 1. The van der Waals surface area contributed by atoms with Crippen molar-refractivity contribution in [2.75, 3.05) is 19.0 Å². The summed E-state index contributed by atoms with van der Waals surface area (Å²) in [6.07, 6.45) is 2.17. The Hall–Kier alpha value is -1.22. The molecule has 1 saturated carbocycles. The molecule has 0 spiro atoms. The molecule has 1 aliphatic carbocycles. The van der Waals surface area contributed by atoms with E-state index in [1.54, 1.807) is 0 Å². The van der Waals surface area contributed by atoms with Crippen LogP contribution in [0.1, 0.15) is 30.1 Å². The highest BCUT2D eigenvalue weighted by atomic mass is 35.5. The summed E-state index contributed by atoms with van der Waals surface area (Å²) in [6, 6.07) is 7.76. The van der Waals surface area contributed by atoms with E-state index >= 15 is 0 Å². The molecule has 0 N–H and O–H groups in total. The first kappa shape index (κ1) is 13.2. The summed E-state index contributed by atoms with van der Waals surface area (Å²) in [7, 11) is 0. The summed E-state index contributed by atoms with van der Waals surface area (Å²) >= 11 is 5.78. The average molecular weight is 268 g/mol. The zero-order valence-corrected chi connectivity index (χ0v) is 11.3. The minimum Gasteiger partial charge on any atom is -0.493 e. The highest BCUT2D eigenvalue weighted by Crippen LogP contribution is 2.30. The van der Waals surface area contributed by atoms with Crippen molar-refractivity contribution in [2.45, 2.75) is 25.8 Å². The third kappa shape index (κ3) is 2.96. The van der Waals surface area contributed by atoms with Gasteiger partial charge in [0.15, 0.2) is 0 Å². The third-order valence-electron chi connectivity index (χ3n) is 2.99. The second-order valence-electron chi connectivity index (χ2n) is 4.35. The van der Waals surface area contributed by atoms with Gasteiger partial charge in [-0.3, -0.25) is 4.79 Å². The molecule has 0 aromatic heterocycles. The summed E-state index contributed by atoms with van der Waals surface area (Å²) in [5, 5.41) is 0. The van der Waals surface area contributed by atoms with Crippen molar-refractivity contribution in [3.63, 3.8) is 0 Å². The van der Waals surface area contributed by atoms with E-state index in [1.807, 2.05) is 36.1 Å². The van der Waals surface area contributed by atoms with E-state index in [9.17, 15) is 4.79 Å². The second-order valence-corrected chi connectivity index (χ2v) is 4.73. The lowest BCUT2D eigenvalue weighted by Gasteiger charge is -2.22. The van der Waals surface area contributed by atoms with E-state index in [2.05, 4.69) is 0 Å². The van der Waals surface area contributed by atoms with Crippen LogP contribution in [0.2, 0.25) is 0 Å². The predicted molar refractivity (Wildman–Crippen MR) is 72.4 cm³/mol. The number of amides is 1. The number of para-hydroxylation sites is 1. The first-order chi connectivity index (χ1) is 8.77. The summed E-state index contributed by atoms with van der Waals surface area (Å²) in [5.41, 5.74) is 0.636. The molecule has 98 valence electrons. The molecule has 1 amide bonds. The molecule has 0 aliphatic heterocycles. The third-order valence-corrected chi connectivity index (χ3v) is 3.16. The fourth-order valence-corrected chi connectivity index (χ4v) is 2.19. The number of nitrogens with zero attached hydrogens (tertiary/aromatic N) is 1. The summed E-state index contributed by atoms with van der Waals surface area (Å²) in [4.78, 5) is 14.4. The Kier molecular flexibility index (Phi) is 4.48. The summed E-state index contributed by atoms with van der Waals surface area (Å²) in [5.74, 6) is 1.16. The molecule has 2 rings (SSSR count). The maximum absolute atomic E-state index is 12.5. The fraction of sp³-hybridized carbons (Fsp3) is 0.500. The van der Waals surface area contributed by atoms with Gasteiger partial charge >= 0.3 is 0 Å². The standard InChI is InChI=1S/C14H18ClNO2/c1-2-18-13-6-4-3-5-12(13)14(17)16(10-9-15)11-7-8-11/h3-6,11H,2,7-10H2,1H3. The molecule has 0 atom stereocenters. The first-order valence-corrected chi connectivity index (χ1v) is 6.90. The van der Waals surface area contributed by atoms with E-state index < -0.39 is 0 Å². The van der Waals surface area contributed by atoms with Crippen molar-refractivity contribution in [3.05, 3.63) is 29.8 Å². The highest BCUT2D eigenvalue weighted by Gasteiger charge is 2.33. The van der Waals surface area contributed by atoms with Crippen molar-refractivity contribution < 1.29 is 9.53 Å². The molecular weight excluding hydrogens is 250 g/mol. The van der Waals surface area contributed by atoms with Crippen LogP contribution in [0.3, 0.4) is 0 Å². The molecule has 18 heavy (non-hydrogen) atoms. The fourth-order valence-electron chi connectivity index (χ4n) is 2.01. The van der Waals surface area contributed by atoms with Gasteiger partial charge in [-0.05, 0) is 31.9 Å². The minimum atomic E-state index is 0.0298. The lowest BCUT2D eigenvalue weighted by Crippen LogP contribution is -2.35. The van der Waals surface area contributed by atoms with Crippen molar-refractivity contribution in [1.29, 1.82) is 0 Å². The summed E-state index contributed by atoms with van der Waals surface area (Å²) in [6.45, 7) is 3.08. The Bertz CT molecular complexity index is 418. The van der Waals surface area contributed by atoms with Gasteiger partial charge in [0.1, 0.15) is 5.75 Å². The van der Waals surface area contributed by atoms with Gasteiger partial charge in [0.25, 0.3) is 5.91 Å². The van der Waals surface area contributed by atoms with Crippen molar-refractivity contribution in [1.82, 2.24) is 4.90 Å². The number of carbonyl (C=O) groups is 1. The summed E-state index contributed by atoms with van der Waals surface area (Å²) < 4.78 is 5.51. The van der Waals surface area contributed by atoms with Gasteiger partial charge in [-0.25, -0.2) is 0 Å². The largest absolute Gasteiger partial charge is 0.493 e. The molecule has 1 aliphatic rings. The number of ether oxygens (including phenoxy) is 1. The van der Waals surface area contributed by atoms with Crippen LogP contribution in [-0.2, 0) is 0 Å². The van der Waals surface area contributed by atoms with Crippen LogP contribution >= 0.6 is 11.6 Å². The predicted octanol–water partition coefficient (Wildman–Crippen LogP) is 2.93. The zero-order chi connectivity index (χ0) is 13.0. The maximum Gasteiger partial charge on any atom is 0.257 e. The zero-order valence-electron chi connectivity index (χ0n) is 10.6. The van der Waals surface area contributed by atoms with Crippen molar-refractivity contribution in [2.24, 2.45) is 0 Å². The van der Waals surface area contributed by atoms with Crippen LogP contribution in [0, 0.1) is 0 Å². The molecule has 1 fully saturated rings. The maximum atomic E-state index is 12.5. The van der Waals surface area contributed by atoms with E-state index in [0.29, 0.717) is 36.4 Å². The van der Waals surface area contributed by atoms with Crippen LogP contribution in [-0.4, -0.2) is 35.9 Å². The number of halogens is 1.